The number of aliphatic hydroxyl groups excluding tert-OH is 1. The van der Waals surface area contributed by atoms with Gasteiger partial charge in [-0.05, 0) is 36.5 Å². The van der Waals surface area contributed by atoms with Crippen molar-refractivity contribution < 1.29 is 18.3 Å². The first-order valence-corrected chi connectivity index (χ1v) is 8.67. The van der Waals surface area contributed by atoms with E-state index in [-0.39, 0.29) is 23.0 Å². The second-order valence-electron chi connectivity index (χ2n) is 6.14. The van der Waals surface area contributed by atoms with Crippen molar-refractivity contribution in [3.63, 3.8) is 0 Å². The zero-order chi connectivity index (χ0) is 15.7. The molecule has 1 aromatic rings. The first-order chi connectivity index (χ1) is 9.80. The molecule has 0 heterocycles. The van der Waals surface area contributed by atoms with Gasteiger partial charge in [0, 0.05) is 11.6 Å². The largest absolute Gasteiger partial charge is 0.493 e. The molecule has 0 saturated heterocycles. The number of benzene rings is 1. The minimum absolute atomic E-state index is 0.0175. The average Bonchev–Trinajstić information content (AvgIpc) is 3.01. The Labute approximate surface area is 126 Å². The highest BCUT2D eigenvalue weighted by atomic mass is 32.2. The molecular formula is C15H23NO4S. The fourth-order valence-electron chi connectivity index (χ4n) is 2.12. The van der Waals surface area contributed by atoms with Gasteiger partial charge in [-0.15, -0.1) is 0 Å². The van der Waals surface area contributed by atoms with Crippen LogP contribution in [-0.2, 0) is 16.6 Å². The Bertz CT molecular complexity index is 610. The van der Waals surface area contributed by atoms with E-state index in [0.29, 0.717) is 17.9 Å². The molecule has 0 spiro atoms. The topological polar surface area (TPSA) is 75.6 Å². The maximum absolute atomic E-state index is 12.3. The van der Waals surface area contributed by atoms with Crippen molar-refractivity contribution in [3.8, 4) is 5.75 Å². The summed E-state index contributed by atoms with van der Waals surface area (Å²) < 4.78 is 32.9. The predicted octanol–water partition coefficient (Wildman–Crippen LogP) is 2.04. The monoisotopic (exact) mass is 313 g/mol. The van der Waals surface area contributed by atoms with E-state index in [1.165, 1.54) is 12.1 Å². The van der Waals surface area contributed by atoms with Crippen LogP contribution in [0.1, 0.15) is 39.2 Å². The average molecular weight is 313 g/mol. The number of rotatable bonds is 7. The molecule has 1 aliphatic carbocycles. The van der Waals surface area contributed by atoms with Crippen molar-refractivity contribution in [3.05, 3.63) is 23.8 Å². The minimum Gasteiger partial charge on any atom is -0.493 e. The zero-order valence-electron chi connectivity index (χ0n) is 12.7. The van der Waals surface area contributed by atoms with Crippen molar-refractivity contribution in [2.24, 2.45) is 5.41 Å². The molecule has 1 aromatic carbocycles. The molecule has 1 atom stereocenters. The maximum atomic E-state index is 12.3. The van der Waals surface area contributed by atoms with Gasteiger partial charge >= 0.3 is 0 Å². The molecular weight excluding hydrogens is 290 g/mol. The summed E-state index contributed by atoms with van der Waals surface area (Å²) in [5.41, 5.74) is 0.512. The molecule has 0 radical (unpaired) electrons. The third-order valence-corrected chi connectivity index (χ3v) is 5.25. The number of nitrogens with one attached hydrogen (secondary N) is 1. The van der Waals surface area contributed by atoms with Gasteiger partial charge in [-0.2, -0.15) is 0 Å². The van der Waals surface area contributed by atoms with Crippen LogP contribution in [0, 0.1) is 5.41 Å². The zero-order valence-corrected chi connectivity index (χ0v) is 13.5. The second kappa shape index (κ2) is 5.94. The van der Waals surface area contributed by atoms with Crippen molar-refractivity contribution >= 4 is 10.0 Å². The first-order valence-electron chi connectivity index (χ1n) is 7.19. The molecule has 5 nitrogen and oxygen atoms in total. The molecule has 0 amide bonds. The number of hydrogen-bond donors (Lipinski definition) is 2. The molecule has 0 aromatic heterocycles. The lowest BCUT2D eigenvalue weighted by Gasteiger charge is -2.12. The fourth-order valence-corrected chi connectivity index (χ4v) is 3.58. The van der Waals surface area contributed by atoms with Gasteiger partial charge in [0.1, 0.15) is 5.75 Å². The quantitative estimate of drug-likeness (QED) is 0.808. The van der Waals surface area contributed by atoms with Crippen molar-refractivity contribution in [2.75, 3.05) is 6.61 Å². The first kappa shape index (κ1) is 16.3. The Kier molecular flexibility index (Phi) is 4.60. The maximum Gasteiger partial charge on any atom is 0.240 e. The molecule has 1 aliphatic rings. The number of aliphatic hydroxyl groups is 1. The van der Waals surface area contributed by atoms with Gasteiger partial charge in [0.25, 0.3) is 0 Å². The van der Waals surface area contributed by atoms with Gasteiger partial charge in [-0.25, -0.2) is 13.1 Å². The Morgan fingerprint density at radius 2 is 2.10 bits per heavy atom. The third kappa shape index (κ3) is 3.75. The molecule has 0 aliphatic heterocycles. The highest BCUT2D eigenvalue weighted by Gasteiger charge is 2.47. The van der Waals surface area contributed by atoms with Crippen LogP contribution in [0.2, 0.25) is 0 Å². The summed E-state index contributed by atoms with van der Waals surface area (Å²) >= 11 is 0. The Morgan fingerprint density at radius 1 is 1.43 bits per heavy atom. The molecule has 6 heteroatoms. The van der Waals surface area contributed by atoms with Gasteiger partial charge in [0.15, 0.2) is 0 Å². The normalized spacial score (nSPS) is 20.3. The van der Waals surface area contributed by atoms with Gasteiger partial charge in [-0.3, -0.25) is 0 Å². The molecule has 1 unspecified atom stereocenters. The summed E-state index contributed by atoms with van der Waals surface area (Å²) in [4.78, 5) is 0.165. The van der Waals surface area contributed by atoms with E-state index in [2.05, 4.69) is 4.72 Å². The van der Waals surface area contributed by atoms with Crippen LogP contribution >= 0.6 is 0 Å². The molecule has 1 saturated carbocycles. The Balaban J connectivity index is 2.19. The van der Waals surface area contributed by atoms with Crippen LogP contribution in [0.25, 0.3) is 0 Å². The predicted molar refractivity (Wildman–Crippen MR) is 80.7 cm³/mol. The van der Waals surface area contributed by atoms with Crippen molar-refractivity contribution in [1.29, 1.82) is 0 Å². The number of hydrogen-bond acceptors (Lipinski definition) is 4. The summed E-state index contributed by atoms with van der Waals surface area (Å²) in [7, 11) is -3.55. The van der Waals surface area contributed by atoms with E-state index in [4.69, 9.17) is 4.74 Å². The van der Waals surface area contributed by atoms with Crippen LogP contribution < -0.4 is 9.46 Å². The van der Waals surface area contributed by atoms with Gasteiger partial charge in [0.05, 0.1) is 18.1 Å². The summed E-state index contributed by atoms with van der Waals surface area (Å²) in [6.45, 7) is 6.33. The molecule has 118 valence electrons. The minimum atomic E-state index is -3.55. The van der Waals surface area contributed by atoms with E-state index < -0.39 is 10.0 Å². The highest BCUT2D eigenvalue weighted by Crippen LogP contribution is 2.45. The van der Waals surface area contributed by atoms with Crippen molar-refractivity contribution in [1.82, 2.24) is 4.72 Å². The van der Waals surface area contributed by atoms with Gasteiger partial charge in [-0.1, -0.05) is 20.8 Å². The number of ether oxygens (including phenoxy) is 1. The lowest BCUT2D eigenvalue weighted by Crippen LogP contribution is -2.28. The lowest BCUT2D eigenvalue weighted by molar-refractivity contribution is 0.262. The van der Waals surface area contributed by atoms with Crippen LogP contribution in [0.5, 0.6) is 5.75 Å². The Hall–Kier alpha value is -1.11. The summed E-state index contributed by atoms with van der Waals surface area (Å²) in [6, 6.07) is 4.58. The standard InChI is InChI=1S/C15H23NO4S/c1-4-7-20-13-6-5-12(8-11(13)10-17)21(18,19)16-14-9-15(14,2)3/h5-6,8,14,16-17H,4,7,9-10H2,1-3H3. The summed E-state index contributed by atoms with van der Waals surface area (Å²) in [6.07, 6.45) is 1.69. The van der Waals surface area contributed by atoms with Crippen molar-refractivity contribution in [2.45, 2.75) is 51.2 Å². The van der Waals surface area contributed by atoms with Crippen LogP contribution in [0.4, 0.5) is 0 Å². The molecule has 2 N–H and O–H groups in total. The van der Waals surface area contributed by atoms with Crippen LogP contribution in [0.3, 0.4) is 0 Å². The van der Waals surface area contributed by atoms with E-state index in [0.717, 1.165) is 12.8 Å². The van der Waals surface area contributed by atoms with E-state index in [9.17, 15) is 13.5 Å². The second-order valence-corrected chi connectivity index (χ2v) is 7.86. The third-order valence-electron chi connectivity index (χ3n) is 3.79. The number of sulfonamides is 1. The smallest absolute Gasteiger partial charge is 0.240 e. The fraction of sp³-hybridized carbons (Fsp3) is 0.600. The molecule has 1 fully saturated rings. The molecule has 0 bridgehead atoms. The SMILES string of the molecule is CCCOc1ccc(S(=O)(=O)NC2CC2(C)C)cc1CO. The van der Waals surface area contributed by atoms with Gasteiger partial charge < -0.3 is 9.84 Å². The molecule has 21 heavy (non-hydrogen) atoms. The Morgan fingerprint density at radius 3 is 2.62 bits per heavy atom. The van der Waals surface area contributed by atoms with E-state index >= 15 is 0 Å². The molecule has 2 rings (SSSR count). The highest BCUT2D eigenvalue weighted by molar-refractivity contribution is 7.89. The summed E-state index contributed by atoms with van der Waals surface area (Å²) in [5.74, 6) is 0.532. The lowest BCUT2D eigenvalue weighted by atomic mass is 10.2. The van der Waals surface area contributed by atoms with Gasteiger partial charge in [0.2, 0.25) is 10.0 Å². The van der Waals surface area contributed by atoms with E-state index in [1.807, 2.05) is 20.8 Å². The summed E-state index contributed by atoms with van der Waals surface area (Å²) in [5, 5.41) is 9.39. The van der Waals surface area contributed by atoms with E-state index in [1.54, 1.807) is 6.07 Å². The van der Waals surface area contributed by atoms with Crippen LogP contribution in [-0.4, -0.2) is 26.2 Å². The van der Waals surface area contributed by atoms with Crippen LogP contribution in [0.15, 0.2) is 23.1 Å².